The number of carbonyl (C=O) groups excluding carboxylic acids is 1. The normalized spacial score (nSPS) is 36.3. The topological polar surface area (TPSA) is 32.3 Å². The maximum absolute atomic E-state index is 12.3. The van der Waals surface area contributed by atoms with E-state index in [1.54, 1.807) is 0 Å². The van der Waals surface area contributed by atoms with Gasteiger partial charge < -0.3 is 4.90 Å². The van der Waals surface area contributed by atoms with E-state index < -0.39 is 0 Å². The predicted molar refractivity (Wildman–Crippen MR) is 78.7 cm³/mol. The van der Waals surface area contributed by atoms with Gasteiger partial charge >= 0.3 is 0 Å². The Morgan fingerprint density at radius 1 is 1.21 bits per heavy atom. The van der Waals surface area contributed by atoms with Gasteiger partial charge in [0, 0.05) is 6.54 Å². The van der Waals surface area contributed by atoms with E-state index >= 15 is 0 Å². The fourth-order valence-corrected chi connectivity index (χ4v) is 3.50. The summed E-state index contributed by atoms with van der Waals surface area (Å²) in [6.07, 6.45) is 6.61. The summed E-state index contributed by atoms with van der Waals surface area (Å²) in [6, 6.07) is 0.00580. The van der Waals surface area contributed by atoms with Crippen LogP contribution in [-0.4, -0.2) is 29.6 Å². The van der Waals surface area contributed by atoms with Gasteiger partial charge in [-0.3, -0.25) is 10.1 Å². The minimum absolute atomic E-state index is 0.00580. The summed E-state index contributed by atoms with van der Waals surface area (Å²) in [6.45, 7) is 9.78. The molecule has 1 heterocycles. The van der Waals surface area contributed by atoms with Gasteiger partial charge in [-0.25, -0.2) is 0 Å². The van der Waals surface area contributed by atoms with E-state index in [2.05, 4.69) is 31.0 Å². The van der Waals surface area contributed by atoms with Crippen LogP contribution >= 0.6 is 0 Å². The third kappa shape index (κ3) is 3.71. The molecule has 1 saturated carbocycles. The van der Waals surface area contributed by atoms with Crippen LogP contribution in [0.2, 0.25) is 0 Å². The van der Waals surface area contributed by atoms with Crippen molar-refractivity contribution in [2.45, 2.75) is 72.0 Å². The van der Waals surface area contributed by atoms with E-state index in [1.807, 2.05) is 6.92 Å². The lowest BCUT2D eigenvalue weighted by Gasteiger charge is -2.33. The molecule has 0 aromatic rings. The van der Waals surface area contributed by atoms with Crippen LogP contribution in [0, 0.1) is 17.8 Å². The monoisotopic (exact) mass is 266 g/mol. The zero-order valence-electron chi connectivity index (χ0n) is 13.0. The molecule has 1 amide bonds. The minimum Gasteiger partial charge on any atom is -0.326 e. The Morgan fingerprint density at radius 2 is 1.84 bits per heavy atom. The van der Waals surface area contributed by atoms with Crippen LogP contribution in [0.1, 0.15) is 59.8 Å². The van der Waals surface area contributed by atoms with Crippen molar-refractivity contribution in [3.05, 3.63) is 0 Å². The maximum atomic E-state index is 12.3. The SMILES string of the molecule is CC(C)CC1NC(C)C(=O)N1CC1CCC(C)CC1. The van der Waals surface area contributed by atoms with Gasteiger partial charge in [0.2, 0.25) is 5.91 Å². The van der Waals surface area contributed by atoms with Gasteiger partial charge in [-0.1, -0.05) is 33.6 Å². The Labute approximate surface area is 118 Å². The highest BCUT2D eigenvalue weighted by Crippen LogP contribution is 2.30. The summed E-state index contributed by atoms with van der Waals surface area (Å²) in [5, 5.41) is 3.46. The number of rotatable bonds is 4. The van der Waals surface area contributed by atoms with Crippen LogP contribution in [0.4, 0.5) is 0 Å². The van der Waals surface area contributed by atoms with Gasteiger partial charge in [0.1, 0.15) is 0 Å². The number of amides is 1. The van der Waals surface area contributed by atoms with Crippen molar-refractivity contribution in [2.24, 2.45) is 17.8 Å². The molecule has 0 spiro atoms. The molecular formula is C16H30N2O. The summed E-state index contributed by atoms with van der Waals surface area (Å²) in [5.41, 5.74) is 0. The molecule has 1 aliphatic carbocycles. The first-order valence-electron chi connectivity index (χ1n) is 8.04. The maximum Gasteiger partial charge on any atom is 0.240 e. The van der Waals surface area contributed by atoms with Gasteiger partial charge in [0.15, 0.2) is 0 Å². The summed E-state index contributed by atoms with van der Waals surface area (Å²) >= 11 is 0. The second-order valence-electron chi connectivity index (χ2n) is 7.15. The lowest BCUT2D eigenvalue weighted by atomic mass is 9.82. The van der Waals surface area contributed by atoms with Crippen molar-refractivity contribution in [3.8, 4) is 0 Å². The summed E-state index contributed by atoms with van der Waals surface area (Å²) in [5.74, 6) is 2.55. The first kappa shape index (κ1) is 14.8. The molecule has 2 aliphatic rings. The Morgan fingerprint density at radius 3 is 2.42 bits per heavy atom. The average Bonchev–Trinajstić information content (AvgIpc) is 2.59. The first-order chi connectivity index (χ1) is 8.97. The lowest BCUT2D eigenvalue weighted by molar-refractivity contribution is -0.130. The van der Waals surface area contributed by atoms with E-state index in [4.69, 9.17) is 0 Å². The van der Waals surface area contributed by atoms with Gasteiger partial charge in [-0.05, 0) is 43.9 Å². The molecule has 2 fully saturated rings. The van der Waals surface area contributed by atoms with Crippen LogP contribution in [0.3, 0.4) is 0 Å². The molecule has 1 saturated heterocycles. The van der Waals surface area contributed by atoms with Crippen LogP contribution < -0.4 is 5.32 Å². The average molecular weight is 266 g/mol. The Balaban J connectivity index is 1.93. The summed E-state index contributed by atoms with van der Waals surface area (Å²) < 4.78 is 0. The van der Waals surface area contributed by atoms with E-state index in [1.165, 1.54) is 25.7 Å². The van der Waals surface area contributed by atoms with Gasteiger partial charge in [0.25, 0.3) is 0 Å². The summed E-state index contributed by atoms with van der Waals surface area (Å²) in [7, 11) is 0. The van der Waals surface area contributed by atoms with Crippen molar-refractivity contribution >= 4 is 5.91 Å². The van der Waals surface area contributed by atoms with E-state index in [9.17, 15) is 4.79 Å². The first-order valence-corrected chi connectivity index (χ1v) is 8.04. The third-order valence-corrected chi connectivity index (χ3v) is 4.76. The second-order valence-corrected chi connectivity index (χ2v) is 7.15. The van der Waals surface area contributed by atoms with Crippen LogP contribution in [0.25, 0.3) is 0 Å². The molecule has 2 atom stereocenters. The van der Waals surface area contributed by atoms with Crippen LogP contribution in [0.5, 0.6) is 0 Å². The molecule has 3 heteroatoms. The highest BCUT2D eigenvalue weighted by molar-refractivity contribution is 5.83. The Hall–Kier alpha value is -0.570. The molecule has 0 bridgehead atoms. The molecule has 0 aromatic carbocycles. The van der Waals surface area contributed by atoms with Gasteiger partial charge in [-0.15, -0.1) is 0 Å². The van der Waals surface area contributed by atoms with Gasteiger partial charge in [0.05, 0.1) is 12.2 Å². The summed E-state index contributed by atoms with van der Waals surface area (Å²) in [4.78, 5) is 14.4. The number of nitrogens with zero attached hydrogens (tertiary/aromatic N) is 1. The van der Waals surface area contributed by atoms with Crippen molar-refractivity contribution in [1.82, 2.24) is 10.2 Å². The van der Waals surface area contributed by atoms with Crippen molar-refractivity contribution in [3.63, 3.8) is 0 Å². The number of carbonyl (C=O) groups is 1. The van der Waals surface area contributed by atoms with E-state index in [-0.39, 0.29) is 12.2 Å². The molecule has 3 nitrogen and oxygen atoms in total. The Kier molecular flexibility index (Phi) is 4.88. The smallest absolute Gasteiger partial charge is 0.240 e. The number of hydrogen-bond acceptors (Lipinski definition) is 2. The molecule has 19 heavy (non-hydrogen) atoms. The molecule has 0 aromatic heterocycles. The molecule has 1 aliphatic heterocycles. The highest BCUT2D eigenvalue weighted by atomic mass is 16.2. The lowest BCUT2D eigenvalue weighted by Crippen LogP contribution is -2.41. The highest BCUT2D eigenvalue weighted by Gasteiger charge is 2.37. The Bertz CT molecular complexity index is 308. The minimum atomic E-state index is 0.00580. The molecule has 1 N–H and O–H groups in total. The van der Waals surface area contributed by atoms with Crippen LogP contribution in [0.15, 0.2) is 0 Å². The standard InChI is InChI=1S/C16H30N2O/c1-11(2)9-15-17-13(4)16(19)18(15)10-14-7-5-12(3)6-8-14/h11-15,17H,5-10H2,1-4H3. The molecule has 2 unspecified atom stereocenters. The molecular weight excluding hydrogens is 236 g/mol. The third-order valence-electron chi connectivity index (χ3n) is 4.76. The molecule has 0 radical (unpaired) electrons. The number of nitrogens with one attached hydrogen (secondary N) is 1. The fraction of sp³-hybridized carbons (Fsp3) is 0.938. The zero-order valence-corrected chi connectivity index (χ0v) is 13.0. The molecule has 2 rings (SSSR count). The van der Waals surface area contributed by atoms with E-state index in [0.717, 1.165) is 24.8 Å². The fourth-order valence-electron chi connectivity index (χ4n) is 3.50. The second kappa shape index (κ2) is 6.25. The zero-order chi connectivity index (χ0) is 14.0. The van der Waals surface area contributed by atoms with E-state index in [0.29, 0.717) is 11.8 Å². The quantitative estimate of drug-likeness (QED) is 0.848. The largest absolute Gasteiger partial charge is 0.326 e. The van der Waals surface area contributed by atoms with Crippen molar-refractivity contribution in [1.29, 1.82) is 0 Å². The van der Waals surface area contributed by atoms with Crippen molar-refractivity contribution in [2.75, 3.05) is 6.54 Å². The molecule has 110 valence electrons. The van der Waals surface area contributed by atoms with Gasteiger partial charge in [-0.2, -0.15) is 0 Å². The number of hydrogen-bond donors (Lipinski definition) is 1. The van der Waals surface area contributed by atoms with Crippen LogP contribution in [-0.2, 0) is 4.79 Å². The van der Waals surface area contributed by atoms with Crippen molar-refractivity contribution < 1.29 is 4.79 Å². The predicted octanol–water partition coefficient (Wildman–Crippen LogP) is 3.01.